The molecular formula is C9H12N2O. The molecule has 0 heterocycles. The van der Waals surface area contributed by atoms with Crippen molar-refractivity contribution in [3.8, 4) is 0 Å². The molecule has 64 valence electrons. The van der Waals surface area contributed by atoms with Gasteiger partial charge in [-0.1, -0.05) is 30.3 Å². The number of benzene rings is 1. The highest BCUT2D eigenvalue weighted by atomic mass is 16.3. The van der Waals surface area contributed by atoms with Crippen LogP contribution >= 0.6 is 0 Å². The number of rotatable bonds is 3. The van der Waals surface area contributed by atoms with Gasteiger partial charge in [0.25, 0.3) is 0 Å². The predicted molar refractivity (Wildman–Crippen MR) is 49.1 cm³/mol. The maximum atomic E-state index is 8.50. The molecule has 0 bridgehead atoms. The van der Waals surface area contributed by atoms with Gasteiger partial charge in [0.15, 0.2) is 0 Å². The van der Waals surface area contributed by atoms with Crippen molar-refractivity contribution in [2.45, 2.75) is 0 Å². The molecule has 0 aliphatic rings. The fourth-order valence-corrected chi connectivity index (χ4v) is 0.871. The van der Waals surface area contributed by atoms with Gasteiger partial charge in [0.2, 0.25) is 0 Å². The van der Waals surface area contributed by atoms with Crippen molar-refractivity contribution < 1.29 is 5.11 Å². The van der Waals surface area contributed by atoms with E-state index in [9.17, 15) is 0 Å². The zero-order chi connectivity index (χ0) is 8.81. The lowest BCUT2D eigenvalue weighted by Gasteiger charge is -1.98. The van der Waals surface area contributed by atoms with Crippen molar-refractivity contribution in [1.29, 1.82) is 0 Å². The van der Waals surface area contributed by atoms with Crippen LogP contribution in [0.1, 0.15) is 5.56 Å². The maximum Gasteiger partial charge on any atom is 0.125 e. The van der Waals surface area contributed by atoms with Gasteiger partial charge in [0.05, 0.1) is 13.2 Å². The van der Waals surface area contributed by atoms with Crippen molar-refractivity contribution in [2.75, 3.05) is 13.2 Å². The number of aliphatic imine (C=N–C) groups is 1. The van der Waals surface area contributed by atoms with Crippen LogP contribution in [0.5, 0.6) is 0 Å². The molecular weight excluding hydrogens is 152 g/mol. The van der Waals surface area contributed by atoms with E-state index in [0.717, 1.165) is 5.56 Å². The number of nitrogens with two attached hydrogens (primary N) is 1. The summed E-state index contributed by atoms with van der Waals surface area (Å²) >= 11 is 0. The zero-order valence-corrected chi connectivity index (χ0v) is 6.77. The highest BCUT2D eigenvalue weighted by Crippen LogP contribution is 1.96. The fourth-order valence-electron chi connectivity index (χ4n) is 0.871. The highest BCUT2D eigenvalue weighted by Gasteiger charge is 1.93. The minimum atomic E-state index is 0.0353. The Labute approximate surface area is 71.6 Å². The molecule has 0 aliphatic carbocycles. The Balaban J connectivity index is 2.71. The van der Waals surface area contributed by atoms with Gasteiger partial charge in [-0.2, -0.15) is 0 Å². The summed E-state index contributed by atoms with van der Waals surface area (Å²) in [7, 11) is 0. The van der Waals surface area contributed by atoms with Crippen LogP contribution in [0, 0.1) is 0 Å². The van der Waals surface area contributed by atoms with Crippen LogP contribution in [-0.4, -0.2) is 24.1 Å². The molecule has 3 nitrogen and oxygen atoms in total. The van der Waals surface area contributed by atoms with Crippen molar-refractivity contribution >= 4 is 5.84 Å². The third-order valence-corrected chi connectivity index (χ3v) is 1.45. The minimum Gasteiger partial charge on any atom is -0.394 e. The minimum absolute atomic E-state index is 0.0353. The third kappa shape index (κ3) is 2.36. The molecule has 0 radical (unpaired) electrons. The smallest absolute Gasteiger partial charge is 0.125 e. The van der Waals surface area contributed by atoms with Gasteiger partial charge in [-0.15, -0.1) is 0 Å². The van der Waals surface area contributed by atoms with E-state index in [2.05, 4.69) is 4.99 Å². The number of hydrogen-bond acceptors (Lipinski definition) is 2. The molecule has 0 aromatic heterocycles. The lowest BCUT2D eigenvalue weighted by Crippen LogP contribution is -2.14. The fraction of sp³-hybridized carbons (Fsp3) is 0.222. The molecule has 0 saturated heterocycles. The average Bonchev–Trinajstić information content (AvgIpc) is 2.15. The number of aliphatic hydroxyl groups is 1. The van der Waals surface area contributed by atoms with E-state index in [1.807, 2.05) is 30.3 Å². The monoisotopic (exact) mass is 164 g/mol. The van der Waals surface area contributed by atoms with Crippen molar-refractivity contribution in [3.63, 3.8) is 0 Å². The van der Waals surface area contributed by atoms with E-state index in [1.54, 1.807) is 0 Å². The summed E-state index contributed by atoms with van der Waals surface area (Å²) in [6.07, 6.45) is 0. The van der Waals surface area contributed by atoms with E-state index in [0.29, 0.717) is 12.4 Å². The van der Waals surface area contributed by atoms with Gasteiger partial charge < -0.3 is 10.8 Å². The zero-order valence-electron chi connectivity index (χ0n) is 6.77. The van der Waals surface area contributed by atoms with Crippen LogP contribution in [0.15, 0.2) is 35.3 Å². The van der Waals surface area contributed by atoms with Crippen LogP contribution in [0.25, 0.3) is 0 Å². The molecule has 0 saturated carbocycles. The summed E-state index contributed by atoms with van der Waals surface area (Å²) in [6, 6.07) is 9.49. The Kier molecular flexibility index (Phi) is 3.29. The summed E-state index contributed by atoms with van der Waals surface area (Å²) in [5.74, 6) is 0.477. The van der Waals surface area contributed by atoms with Crippen LogP contribution in [0.2, 0.25) is 0 Å². The summed E-state index contributed by atoms with van der Waals surface area (Å²) in [6.45, 7) is 0.397. The number of amidine groups is 1. The van der Waals surface area contributed by atoms with E-state index in [1.165, 1.54) is 0 Å². The topological polar surface area (TPSA) is 58.6 Å². The molecule has 0 spiro atoms. The van der Waals surface area contributed by atoms with E-state index in [-0.39, 0.29) is 6.61 Å². The second-order valence-corrected chi connectivity index (χ2v) is 2.36. The largest absolute Gasteiger partial charge is 0.394 e. The Morgan fingerprint density at radius 1 is 1.33 bits per heavy atom. The summed E-state index contributed by atoms with van der Waals surface area (Å²) in [4.78, 5) is 3.96. The van der Waals surface area contributed by atoms with E-state index >= 15 is 0 Å². The molecule has 3 N–H and O–H groups in total. The third-order valence-electron chi connectivity index (χ3n) is 1.45. The normalized spacial score (nSPS) is 11.6. The van der Waals surface area contributed by atoms with E-state index in [4.69, 9.17) is 10.8 Å². The maximum absolute atomic E-state index is 8.50. The van der Waals surface area contributed by atoms with Gasteiger partial charge in [-0.3, -0.25) is 4.99 Å². The molecule has 3 heteroatoms. The first-order chi connectivity index (χ1) is 5.84. The number of aliphatic hydroxyl groups excluding tert-OH is 1. The van der Waals surface area contributed by atoms with Gasteiger partial charge in [-0.25, -0.2) is 0 Å². The molecule has 1 aromatic rings. The Bertz CT molecular complexity index is 256. The van der Waals surface area contributed by atoms with E-state index < -0.39 is 0 Å². The van der Waals surface area contributed by atoms with Crippen molar-refractivity contribution in [1.82, 2.24) is 0 Å². The van der Waals surface area contributed by atoms with Gasteiger partial charge in [0.1, 0.15) is 5.84 Å². The molecule has 0 fully saturated rings. The lowest BCUT2D eigenvalue weighted by atomic mass is 10.2. The van der Waals surface area contributed by atoms with Crippen LogP contribution < -0.4 is 5.73 Å². The first-order valence-corrected chi connectivity index (χ1v) is 3.81. The van der Waals surface area contributed by atoms with Gasteiger partial charge in [-0.05, 0) is 0 Å². The highest BCUT2D eigenvalue weighted by molar-refractivity contribution is 5.97. The first-order valence-electron chi connectivity index (χ1n) is 3.81. The lowest BCUT2D eigenvalue weighted by molar-refractivity contribution is 0.307. The molecule has 0 amide bonds. The van der Waals surface area contributed by atoms with Crippen LogP contribution in [-0.2, 0) is 0 Å². The molecule has 0 atom stereocenters. The standard InChI is InChI=1S/C9H12N2O/c10-9(11-6-7-12)8-4-2-1-3-5-8/h1-5,12H,6-7H2,(H2,10,11). The Morgan fingerprint density at radius 2 is 2.00 bits per heavy atom. The predicted octanol–water partition coefficient (Wildman–Crippen LogP) is 0.384. The summed E-state index contributed by atoms with van der Waals surface area (Å²) < 4.78 is 0. The second kappa shape index (κ2) is 4.51. The molecule has 12 heavy (non-hydrogen) atoms. The quantitative estimate of drug-likeness (QED) is 0.501. The van der Waals surface area contributed by atoms with Gasteiger partial charge in [0, 0.05) is 5.56 Å². The Hall–Kier alpha value is -1.35. The molecule has 0 unspecified atom stereocenters. The second-order valence-electron chi connectivity index (χ2n) is 2.36. The average molecular weight is 164 g/mol. The first kappa shape index (κ1) is 8.74. The Morgan fingerprint density at radius 3 is 2.58 bits per heavy atom. The summed E-state index contributed by atoms with van der Waals surface area (Å²) in [5.41, 5.74) is 6.51. The van der Waals surface area contributed by atoms with Gasteiger partial charge >= 0.3 is 0 Å². The van der Waals surface area contributed by atoms with Crippen molar-refractivity contribution in [3.05, 3.63) is 35.9 Å². The summed E-state index contributed by atoms with van der Waals surface area (Å²) in [5, 5.41) is 8.50. The number of hydrogen-bond donors (Lipinski definition) is 2. The van der Waals surface area contributed by atoms with Crippen molar-refractivity contribution in [2.24, 2.45) is 10.7 Å². The van der Waals surface area contributed by atoms with Crippen LogP contribution in [0.4, 0.5) is 0 Å². The molecule has 0 aliphatic heterocycles. The van der Waals surface area contributed by atoms with Crippen LogP contribution in [0.3, 0.4) is 0 Å². The SMILES string of the molecule is NC(=NCCO)c1ccccc1. The number of nitrogens with zero attached hydrogens (tertiary/aromatic N) is 1. The molecule has 1 rings (SSSR count). The molecule has 1 aromatic carbocycles.